The van der Waals surface area contributed by atoms with Gasteiger partial charge in [0.25, 0.3) is 0 Å². The highest BCUT2D eigenvalue weighted by Gasteiger charge is 2.13. The van der Waals surface area contributed by atoms with E-state index in [4.69, 9.17) is 15.2 Å². The van der Waals surface area contributed by atoms with Crippen LogP contribution in [0.5, 0.6) is 17.5 Å². The Balaban J connectivity index is 2.29. The van der Waals surface area contributed by atoms with Crippen LogP contribution in [0.4, 0.5) is 5.69 Å². The van der Waals surface area contributed by atoms with Crippen LogP contribution in [0.2, 0.25) is 0 Å². The minimum Gasteiger partial charge on any atom is -0.473 e. The Labute approximate surface area is 118 Å². The van der Waals surface area contributed by atoms with E-state index < -0.39 is 0 Å². The van der Waals surface area contributed by atoms with Crippen molar-refractivity contribution in [3.8, 4) is 17.5 Å². The molecule has 1 aromatic carbocycles. The Morgan fingerprint density at radius 2 is 1.85 bits per heavy atom. The summed E-state index contributed by atoms with van der Waals surface area (Å²) in [5.74, 6) is 1.41. The highest BCUT2D eigenvalue weighted by atomic mass is 16.5. The van der Waals surface area contributed by atoms with Crippen molar-refractivity contribution in [3.05, 3.63) is 36.2 Å². The van der Waals surface area contributed by atoms with Crippen LogP contribution in [0.15, 0.2) is 30.6 Å². The van der Waals surface area contributed by atoms with Crippen molar-refractivity contribution < 1.29 is 9.47 Å². The monoisotopic (exact) mass is 273 g/mol. The van der Waals surface area contributed by atoms with Crippen molar-refractivity contribution in [3.63, 3.8) is 0 Å². The average Bonchev–Trinajstić information content (AvgIpc) is 2.43. The van der Waals surface area contributed by atoms with Crippen LogP contribution in [-0.4, -0.2) is 16.1 Å². The molecular formula is C15H19N3O2. The van der Waals surface area contributed by atoms with E-state index in [0.29, 0.717) is 17.4 Å². The molecule has 0 saturated carbocycles. The number of benzene rings is 1. The van der Waals surface area contributed by atoms with Crippen molar-refractivity contribution in [2.24, 2.45) is 0 Å². The van der Waals surface area contributed by atoms with Gasteiger partial charge in [0.2, 0.25) is 11.8 Å². The summed E-state index contributed by atoms with van der Waals surface area (Å²) in [5.41, 5.74) is 7.40. The molecule has 0 bridgehead atoms. The van der Waals surface area contributed by atoms with Crippen molar-refractivity contribution in [1.82, 2.24) is 9.97 Å². The first-order valence-corrected chi connectivity index (χ1v) is 6.64. The smallest absolute Gasteiger partial charge is 0.249 e. The van der Waals surface area contributed by atoms with Crippen LogP contribution in [0.3, 0.4) is 0 Å². The van der Waals surface area contributed by atoms with Crippen LogP contribution in [0.25, 0.3) is 0 Å². The van der Waals surface area contributed by atoms with Gasteiger partial charge in [-0.1, -0.05) is 25.1 Å². The second-order valence-electron chi connectivity index (χ2n) is 4.63. The second-order valence-corrected chi connectivity index (χ2v) is 4.63. The number of aromatic nitrogens is 2. The largest absolute Gasteiger partial charge is 0.473 e. The van der Waals surface area contributed by atoms with Gasteiger partial charge in [-0.05, 0) is 31.9 Å². The van der Waals surface area contributed by atoms with E-state index >= 15 is 0 Å². The van der Waals surface area contributed by atoms with Gasteiger partial charge in [0.1, 0.15) is 12.1 Å². The molecule has 106 valence electrons. The lowest BCUT2D eigenvalue weighted by molar-refractivity contribution is 0.232. The molecule has 0 aliphatic heterocycles. The molecule has 0 aliphatic carbocycles. The SMILES string of the molecule is CCc1ccccc1Oc1ncnc(OC(C)C)c1N. The fourth-order valence-corrected chi connectivity index (χ4v) is 1.76. The summed E-state index contributed by atoms with van der Waals surface area (Å²) in [6, 6.07) is 7.79. The predicted octanol–water partition coefficient (Wildman–Crippen LogP) is 3.20. The lowest BCUT2D eigenvalue weighted by Gasteiger charge is -2.14. The van der Waals surface area contributed by atoms with Crippen LogP contribution in [-0.2, 0) is 6.42 Å². The molecule has 0 amide bonds. The van der Waals surface area contributed by atoms with Gasteiger partial charge in [0, 0.05) is 0 Å². The second kappa shape index (κ2) is 6.23. The van der Waals surface area contributed by atoms with E-state index in [-0.39, 0.29) is 6.10 Å². The van der Waals surface area contributed by atoms with Gasteiger partial charge in [-0.15, -0.1) is 0 Å². The number of hydrogen-bond acceptors (Lipinski definition) is 5. The number of ether oxygens (including phenoxy) is 2. The van der Waals surface area contributed by atoms with Gasteiger partial charge >= 0.3 is 0 Å². The summed E-state index contributed by atoms with van der Waals surface area (Å²) in [4.78, 5) is 8.10. The van der Waals surface area contributed by atoms with Crippen LogP contribution >= 0.6 is 0 Å². The predicted molar refractivity (Wildman–Crippen MR) is 78.1 cm³/mol. The summed E-state index contributed by atoms with van der Waals surface area (Å²) in [5, 5.41) is 0. The molecule has 0 fully saturated rings. The number of anilines is 1. The fraction of sp³-hybridized carbons (Fsp3) is 0.333. The Bertz CT molecular complexity index is 585. The van der Waals surface area contributed by atoms with E-state index in [1.807, 2.05) is 38.1 Å². The maximum atomic E-state index is 6.00. The van der Waals surface area contributed by atoms with E-state index in [2.05, 4.69) is 16.9 Å². The maximum absolute atomic E-state index is 6.00. The van der Waals surface area contributed by atoms with Crippen molar-refractivity contribution in [2.45, 2.75) is 33.3 Å². The maximum Gasteiger partial charge on any atom is 0.249 e. The lowest BCUT2D eigenvalue weighted by atomic mass is 10.1. The molecule has 0 radical (unpaired) electrons. The topological polar surface area (TPSA) is 70.3 Å². The summed E-state index contributed by atoms with van der Waals surface area (Å²) < 4.78 is 11.3. The van der Waals surface area contributed by atoms with E-state index in [1.165, 1.54) is 6.33 Å². The zero-order chi connectivity index (χ0) is 14.5. The molecule has 2 rings (SSSR count). The molecule has 5 nitrogen and oxygen atoms in total. The summed E-state index contributed by atoms with van der Waals surface area (Å²) in [6.07, 6.45) is 2.25. The Kier molecular flexibility index (Phi) is 4.40. The van der Waals surface area contributed by atoms with E-state index in [0.717, 1.165) is 17.7 Å². The number of rotatable bonds is 5. The third kappa shape index (κ3) is 3.17. The van der Waals surface area contributed by atoms with Gasteiger partial charge in [-0.3, -0.25) is 0 Å². The molecule has 2 aromatic rings. The van der Waals surface area contributed by atoms with Crippen LogP contribution in [0.1, 0.15) is 26.3 Å². The molecule has 5 heteroatoms. The fourth-order valence-electron chi connectivity index (χ4n) is 1.76. The van der Waals surface area contributed by atoms with E-state index in [9.17, 15) is 0 Å². The first-order chi connectivity index (χ1) is 9.61. The number of nitrogens with zero attached hydrogens (tertiary/aromatic N) is 2. The zero-order valence-corrected chi connectivity index (χ0v) is 12.0. The van der Waals surface area contributed by atoms with Crippen LogP contribution in [0, 0.1) is 0 Å². The zero-order valence-electron chi connectivity index (χ0n) is 12.0. The molecule has 20 heavy (non-hydrogen) atoms. The first kappa shape index (κ1) is 14.1. The molecule has 1 aromatic heterocycles. The minimum atomic E-state index is -0.0111. The van der Waals surface area contributed by atoms with Gasteiger partial charge in [0.15, 0.2) is 5.69 Å². The summed E-state index contributed by atoms with van der Waals surface area (Å²) in [7, 11) is 0. The van der Waals surface area contributed by atoms with Crippen LogP contribution < -0.4 is 15.2 Å². The quantitative estimate of drug-likeness (QED) is 0.905. The van der Waals surface area contributed by atoms with Gasteiger partial charge < -0.3 is 15.2 Å². The summed E-state index contributed by atoms with van der Waals surface area (Å²) in [6.45, 7) is 5.89. The molecule has 0 unspecified atom stereocenters. The van der Waals surface area contributed by atoms with Gasteiger partial charge in [-0.25, -0.2) is 0 Å². The number of para-hydroxylation sites is 1. The third-order valence-corrected chi connectivity index (χ3v) is 2.72. The highest BCUT2D eigenvalue weighted by molar-refractivity contribution is 5.57. The summed E-state index contributed by atoms with van der Waals surface area (Å²) >= 11 is 0. The number of nitrogen functional groups attached to an aromatic ring is 1. The lowest BCUT2D eigenvalue weighted by Crippen LogP contribution is -2.10. The minimum absolute atomic E-state index is 0.0111. The molecule has 0 spiro atoms. The van der Waals surface area contributed by atoms with Crippen molar-refractivity contribution in [1.29, 1.82) is 0 Å². The normalized spacial score (nSPS) is 10.6. The van der Waals surface area contributed by atoms with Gasteiger partial charge in [-0.2, -0.15) is 9.97 Å². The Morgan fingerprint density at radius 1 is 1.15 bits per heavy atom. The van der Waals surface area contributed by atoms with E-state index in [1.54, 1.807) is 0 Å². The standard InChI is InChI=1S/C15H19N3O2/c1-4-11-7-5-6-8-12(11)20-15-13(16)14(17-9-18-15)19-10(2)3/h5-10H,4,16H2,1-3H3. The average molecular weight is 273 g/mol. The van der Waals surface area contributed by atoms with Gasteiger partial charge in [0.05, 0.1) is 6.10 Å². The third-order valence-electron chi connectivity index (χ3n) is 2.72. The van der Waals surface area contributed by atoms with Crippen molar-refractivity contribution >= 4 is 5.69 Å². The number of nitrogens with two attached hydrogens (primary N) is 1. The molecular weight excluding hydrogens is 254 g/mol. The molecule has 0 saturated heterocycles. The molecule has 1 heterocycles. The molecule has 0 atom stereocenters. The Hall–Kier alpha value is -2.30. The van der Waals surface area contributed by atoms with Crippen molar-refractivity contribution in [2.75, 3.05) is 5.73 Å². The number of aryl methyl sites for hydroxylation is 1. The molecule has 0 aliphatic rings. The Morgan fingerprint density at radius 3 is 2.55 bits per heavy atom. The number of hydrogen-bond donors (Lipinski definition) is 1. The first-order valence-electron chi connectivity index (χ1n) is 6.64. The molecule has 2 N–H and O–H groups in total. The highest BCUT2D eigenvalue weighted by Crippen LogP contribution is 2.32.